The number of halogens is 1. The summed E-state index contributed by atoms with van der Waals surface area (Å²) in [5.74, 6) is 1.17. The first-order valence-corrected chi connectivity index (χ1v) is 8.93. The number of likely N-dealkylation sites (tertiary alicyclic amines) is 1. The number of nitrogens with zero attached hydrogens (tertiary/aromatic N) is 3. The highest BCUT2D eigenvalue weighted by Crippen LogP contribution is 2.34. The molecule has 5 nitrogen and oxygen atoms in total. The van der Waals surface area contributed by atoms with Gasteiger partial charge in [-0.3, -0.25) is 4.79 Å². The Balaban J connectivity index is 1.57. The summed E-state index contributed by atoms with van der Waals surface area (Å²) in [6.45, 7) is 0.541. The van der Waals surface area contributed by atoms with Crippen LogP contribution >= 0.6 is 15.9 Å². The van der Waals surface area contributed by atoms with Crippen molar-refractivity contribution in [2.24, 2.45) is 0 Å². The van der Waals surface area contributed by atoms with Gasteiger partial charge in [-0.15, -0.1) is 0 Å². The molecule has 0 N–H and O–H groups in total. The van der Waals surface area contributed by atoms with E-state index in [2.05, 4.69) is 26.1 Å². The zero-order valence-electron chi connectivity index (χ0n) is 13.4. The van der Waals surface area contributed by atoms with Crippen LogP contribution in [0.25, 0.3) is 11.4 Å². The van der Waals surface area contributed by atoms with Crippen molar-refractivity contribution < 1.29 is 9.32 Å². The second-order valence-electron chi connectivity index (χ2n) is 6.02. The lowest BCUT2D eigenvalue weighted by Crippen LogP contribution is -2.27. The second-order valence-corrected chi connectivity index (χ2v) is 6.94. The number of carbonyl (C=O) groups is 1. The molecule has 1 unspecified atom stereocenters. The number of aromatic nitrogens is 2. The van der Waals surface area contributed by atoms with Crippen molar-refractivity contribution in [3.05, 3.63) is 70.5 Å². The summed E-state index contributed by atoms with van der Waals surface area (Å²) in [6.07, 6.45) is 1.20. The summed E-state index contributed by atoms with van der Waals surface area (Å²) < 4.78 is 6.49. The van der Waals surface area contributed by atoms with Crippen molar-refractivity contribution in [1.82, 2.24) is 15.0 Å². The van der Waals surface area contributed by atoms with Crippen LogP contribution in [0.5, 0.6) is 0 Å². The third kappa shape index (κ3) is 3.35. The Kier molecular flexibility index (Phi) is 4.36. The van der Waals surface area contributed by atoms with Crippen molar-refractivity contribution in [2.45, 2.75) is 25.4 Å². The Hall–Kier alpha value is -2.47. The van der Waals surface area contributed by atoms with Gasteiger partial charge in [0.1, 0.15) is 6.04 Å². The summed E-state index contributed by atoms with van der Waals surface area (Å²) in [7, 11) is 0. The van der Waals surface area contributed by atoms with E-state index in [1.807, 2.05) is 59.5 Å². The van der Waals surface area contributed by atoms with Crippen molar-refractivity contribution in [3.8, 4) is 11.4 Å². The molecule has 4 rings (SSSR count). The Morgan fingerprint density at radius 2 is 1.88 bits per heavy atom. The molecule has 1 fully saturated rings. The number of benzene rings is 2. The Labute approximate surface area is 153 Å². The standard InChI is InChI=1S/C19H16BrN3O2/c20-15-8-6-13(7-9-15)12-23-16(10-11-17(23)24)19-21-18(22-25-19)14-4-2-1-3-5-14/h1-9,16H,10-12H2. The molecule has 1 amide bonds. The van der Waals surface area contributed by atoms with Crippen LogP contribution < -0.4 is 0 Å². The molecule has 2 heterocycles. The summed E-state index contributed by atoms with van der Waals surface area (Å²) >= 11 is 3.43. The van der Waals surface area contributed by atoms with Crippen LogP contribution in [0.1, 0.15) is 30.3 Å². The molecule has 1 atom stereocenters. The maximum atomic E-state index is 12.3. The number of hydrogen-bond donors (Lipinski definition) is 0. The van der Waals surface area contributed by atoms with Crippen LogP contribution in [0.4, 0.5) is 0 Å². The van der Waals surface area contributed by atoms with E-state index in [0.717, 1.165) is 15.6 Å². The largest absolute Gasteiger partial charge is 0.337 e. The average molecular weight is 398 g/mol. The molecular formula is C19H16BrN3O2. The maximum absolute atomic E-state index is 12.3. The van der Waals surface area contributed by atoms with Crippen LogP contribution in [0.3, 0.4) is 0 Å². The number of rotatable bonds is 4. The van der Waals surface area contributed by atoms with Gasteiger partial charge in [0.05, 0.1) is 0 Å². The van der Waals surface area contributed by atoms with Crippen LogP contribution in [0, 0.1) is 0 Å². The lowest BCUT2D eigenvalue weighted by atomic mass is 10.2. The highest BCUT2D eigenvalue weighted by atomic mass is 79.9. The predicted octanol–water partition coefficient (Wildman–Crippen LogP) is 4.36. The van der Waals surface area contributed by atoms with Gasteiger partial charge in [0, 0.05) is 23.0 Å². The van der Waals surface area contributed by atoms with Gasteiger partial charge >= 0.3 is 0 Å². The first-order valence-electron chi connectivity index (χ1n) is 8.13. The van der Waals surface area contributed by atoms with E-state index >= 15 is 0 Å². The summed E-state index contributed by atoms with van der Waals surface area (Å²) in [5, 5.41) is 4.08. The van der Waals surface area contributed by atoms with Gasteiger partial charge in [0.25, 0.3) is 0 Å². The molecule has 3 aromatic rings. The molecule has 0 spiro atoms. The highest BCUT2D eigenvalue weighted by molar-refractivity contribution is 9.10. The minimum absolute atomic E-state index is 0.118. The van der Waals surface area contributed by atoms with E-state index in [4.69, 9.17) is 4.52 Å². The molecule has 1 aromatic heterocycles. The lowest BCUT2D eigenvalue weighted by Gasteiger charge is -2.22. The second kappa shape index (κ2) is 6.80. The first kappa shape index (κ1) is 16.0. The third-order valence-corrected chi connectivity index (χ3v) is 4.88. The SMILES string of the molecule is O=C1CCC(c2nc(-c3ccccc3)no2)N1Cc1ccc(Br)cc1. The Morgan fingerprint density at radius 3 is 2.64 bits per heavy atom. The molecule has 1 aliphatic rings. The van der Waals surface area contributed by atoms with Crippen molar-refractivity contribution in [1.29, 1.82) is 0 Å². The normalized spacial score (nSPS) is 17.2. The highest BCUT2D eigenvalue weighted by Gasteiger charge is 2.35. The smallest absolute Gasteiger partial charge is 0.249 e. The Bertz CT molecular complexity index is 877. The van der Waals surface area contributed by atoms with Crippen LogP contribution in [0.15, 0.2) is 63.6 Å². The molecule has 0 radical (unpaired) electrons. The van der Waals surface area contributed by atoms with Crippen molar-refractivity contribution in [3.63, 3.8) is 0 Å². The van der Waals surface area contributed by atoms with Gasteiger partial charge < -0.3 is 9.42 Å². The molecule has 2 aromatic carbocycles. The van der Waals surface area contributed by atoms with Gasteiger partial charge in [-0.05, 0) is 24.1 Å². The zero-order valence-corrected chi connectivity index (χ0v) is 15.0. The van der Waals surface area contributed by atoms with Crippen molar-refractivity contribution in [2.75, 3.05) is 0 Å². The van der Waals surface area contributed by atoms with E-state index in [1.165, 1.54) is 0 Å². The fourth-order valence-electron chi connectivity index (χ4n) is 3.05. The molecule has 0 bridgehead atoms. The van der Waals surface area contributed by atoms with Gasteiger partial charge in [-0.2, -0.15) is 4.98 Å². The summed E-state index contributed by atoms with van der Waals surface area (Å²) in [6, 6.07) is 17.5. The molecular weight excluding hydrogens is 382 g/mol. The first-order chi connectivity index (χ1) is 12.2. The van der Waals surface area contributed by atoms with Gasteiger partial charge in [-0.25, -0.2) is 0 Å². The number of hydrogen-bond acceptors (Lipinski definition) is 4. The van der Waals surface area contributed by atoms with Crippen molar-refractivity contribution >= 4 is 21.8 Å². The van der Waals surface area contributed by atoms with E-state index in [1.54, 1.807) is 0 Å². The molecule has 0 saturated carbocycles. The predicted molar refractivity (Wildman–Crippen MR) is 96.4 cm³/mol. The van der Waals surface area contributed by atoms with E-state index in [0.29, 0.717) is 31.1 Å². The average Bonchev–Trinajstić information content (AvgIpc) is 3.25. The van der Waals surface area contributed by atoms with Gasteiger partial charge in [-0.1, -0.05) is 63.6 Å². The fourth-order valence-corrected chi connectivity index (χ4v) is 3.31. The van der Waals surface area contributed by atoms with Crippen LogP contribution in [-0.4, -0.2) is 20.9 Å². The molecule has 6 heteroatoms. The third-order valence-electron chi connectivity index (χ3n) is 4.35. The van der Waals surface area contributed by atoms with E-state index < -0.39 is 0 Å². The van der Waals surface area contributed by atoms with Crippen LogP contribution in [-0.2, 0) is 11.3 Å². The molecule has 126 valence electrons. The minimum atomic E-state index is -0.166. The number of amides is 1. The quantitative estimate of drug-likeness (QED) is 0.655. The fraction of sp³-hybridized carbons (Fsp3) is 0.211. The van der Waals surface area contributed by atoms with E-state index in [-0.39, 0.29) is 11.9 Å². The molecule has 0 aliphatic carbocycles. The van der Waals surface area contributed by atoms with Crippen LogP contribution in [0.2, 0.25) is 0 Å². The molecule has 1 saturated heterocycles. The van der Waals surface area contributed by atoms with Gasteiger partial charge in [0.15, 0.2) is 0 Å². The maximum Gasteiger partial charge on any atom is 0.249 e. The summed E-state index contributed by atoms with van der Waals surface area (Å²) in [5.41, 5.74) is 1.98. The van der Waals surface area contributed by atoms with Gasteiger partial charge in [0.2, 0.25) is 17.6 Å². The molecule has 25 heavy (non-hydrogen) atoms. The topological polar surface area (TPSA) is 59.2 Å². The lowest BCUT2D eigenvalue weighted by molar-refractivity contribution is -0.129. The minimum Gasteiger partial charge on any atom is -0.337 e. The Morgan fingerprint density at radius 1 is 1.12 bits per heavy atom. The monoisotopic (exact) mass is 397 g/mol. The summed E-state index contributed by atoms with van der Waals surface area (Å²) in [4.78, 5) is 18.7. The molecule has 1 aliphatic heterocycles. The van der Waals surface area contributed by atoms with E-state index in [9.17, 15) is 4.79 Å². The zero-order chi connectivity index (χ0) is 17.2. The number of carbonyl (C=O) groups excluding carboxylic acids is 1.